The number of thiophene rings is 1. The predicted octanol–water partition coefficient (Wildman–Crippen LogP) is 3.10. The molecule has 1 aliphatic rings. The van der Waals surface area contributed by atoms with Crippen LogP contribution in [0.3, 0.4) is 0 Å². The van der Waals surface area contributed by atoms with Crippen molar-refractivity contribution in [2.45, 2.75) is 25.5 Å². The molecule has 3 atom stereocenters. The molecule has 2 heterocycles. The van der Waals surface area contributed by atoms with Crippen LogP contribution in [0.15, 0.2) is 102 Å². The van der Waals surface area contributed by atoms with Crippen LogP contribution in [0.25, 0.3) is 0 Å². The predicted molar refractivity (Wildman–Crippen MR) is 170 cm³/mol. The number of nitrogens with one attached hydrogen (secondary N) is 1. The highest BCUT2D eigenvalue weighted by Gasteiger charge is 2.55. The van der Waals surface area contributed by atoms with Crippen molar-refractivity contribution in [1.82, 2.24) is 10.2 Å². The van der Waals surface area contributed by atoms with Crippen molar-refractivity contribution >= 4 is 63.1 Å². The van der Waals surface area contributed by atoms with E-state index in [1.807, 2.05) is 91.0 Å². The molecule has 1 aliphatic heterocycles. The fourth-order valence-corrected chi connectivity index (χ4v) is 11.0. The fraction of sp³-hybridized carbons (Fsp3) is 0.182. The first-order chi connectivity index (χ1) is 20.7. The summed E-state index contributed by atoms with van der Waals surface area (Å²) in [6.07, 6.45) is -1.33. The third-order valence-corrected chi connectivity index (χ3v) is 12.9. The number of β-lactam (4-membered cyclic amide) rings is 1. The molecule has 0 spiro atoms. The number of hydrogen-bond acceptors (Lipinski definition) is 6. The van der Waals surface area contributed by atoms with Gasteiger partial charge in [-0.3, -0.25) is 14.4 Å². The molecule has 0 unspecified atom stereocenters. The average molecular weight is 615 g/mol. The minimum Gasteiger partial charge on any atom is -0.477 e. The molecule has 220 valence electrons. The first-order valence-electron chi connectivity index (χ1n) is 13.7. The Bertz CT molecular complexity index is 1620. The quantitative estimate of drug-likeness (QED) is 0.143. The zero-order valence-electron chi connectivity index (χ0n) is 23.6. The van der Waals surface area contributed by atoms with Crippen LogP contribution in [-0.4, -0.2) is 63.3 Å². The smallest absolute Gasteiger partial charge is 0.353 e. The third-order valence-electron chi connectivity index (χ3n) is 7.72. The highest BCUT2D eigenvalue weighted by Crippen LogP contribution is 2.49. The molecule has 2 amide bonds. The summed E-state index contributed by atoms with van der Waals surface area (Å²) in [5.41, 5.74) is 0.173. The van der Waals surface area contributed by atoms with E-state index in [1.165, 1.54) is 24.9 Å². The van der Waals surface area contributed by atoms with Crippen molar-refractivity contribution in [2.24, 2.45) is 5.92 Å². The van der Waals surface area contributed by atoms with Gasteiger partial charge in [0.2, 0.25) is 5.91 Å². The number of carboxylic acid groups (broad SMARTS) is 1. The number of carboxylic acids is 1. The first kappa shape index (κ1) is 30.2. The van der Waals surface area contributed by atoms with Crippen LogP contribution in [0.2, 0.25) is 0 Å². The van der Waals surface area contributed by atoms with E-state index < -0.39 is 36.8 Å². The number of amides is 2. The van der Waals surface area contributed by atoms with Gasteiger partial charge in [-0.25, -0.2) is 4.79 Å². The maximum atomic E-state index is 13.9. The third kappa shape index (κ3) is 5.36. The van der Waals surface area contributed by atoms with Crippen molar-refractivity contribution in [3.63, 3.8) is 0 Å². The molecule has 1 aromatic heterocycles. The van der Waals surface area contributed by atoms with Gasteiger partial charge in [0, 0.05) is 31.3 Å². The highest BCUT2D eigenvalue weighted by atomic mass is 32.1. The second-order valence-electron chi connectivity index (χ2n) is 10.3. The molecule has 3 N–H and O–H groups in total. The molecule has 3 aromatic carbocycles. The Balaban J connectivity index is 1.77. The van der Waals surface area contributed by atoms with Crippen LogP contribution < -0.4 is 21.2 Å². The number of carbonyl (C=O) groups is 4. The zero-order valence-corrected chi connectivity index (χ0v) is 25.3. The lowest BCUT2D eigenvalue weighted by Crippen LogP contribution is -2.68. The van der Waals surface area contributed by atoms with E-state index in [2.05, 4.69) is 5.32 Å². The monoisotopic (exact) mass is 614 g/mol. The summed E-state index contributed by atoms with van der Waals surface area (Å²) in [7, 11) is 1.50. The van der Waals surface area contributed by atoms with Gasteiger partial charge < -0.3 is 20.4 Å². The molecule has 0 bridgehead atoms. The molecule has 5 rings (SSSR count). The molecule has 0 radical (unpaired) electrons. The Morgan fingerprint density at radius 2 is 1.40 bits per heavy atom. The van der Waals surface area contributed by atoms with Gasteiger partial charge in [-0.05, 0) is 28.9 Å². The van der Waals surface area contributed by atoms with Gasteiger partial charge in [-0.15, -0.1) is 11.3 Å². The van der Waals surface area contributed by atoms with Crippen LogP contribution in [-0.2, 0) is 9.59 Å². The van der Waals surface area contributed by atoms with E-state index in [-0.39, 0.29) is 23.5 Å². The molecule has 4 aromatic rings. The minimum absolute atomic E-state index is 0.118. The Labute approximate surface area is 253 Å². The van der Waals surface area contributed by atoms with Crippen molar-refractivity contribution in [3.05, 3.63) is 113 Å². The molecule has 1 saturated heterocycles. The van der Waals surface area contributed by atoms with Gasteiger partial charge in [0.05, 0.1) is 22.9 Å². The summed E-state index contributed by atoms with van der Waals surface area (Å²) in [5.74, 6) is -3.48. The van der Waals surface area contributed by atoms with Crippen molar-refractivity contribution < 1.29 is 29.4 Å². The number of aliphatic carboxylic acids is 1. The molecule has 0 aliphatic carbocycles. The minimum atomic E-state index is -3.22. The number of rotatable bonds is 10. The van der Waals surface area contributed by atoms with Crippen molar-refractivity contribution in [3.8, 4) is 0 Å². The molecule has 0 saturated carbocycles. The zero-order chi connectivity index (χ0) is 30.7. The van der Waals surface area contributed by atoms with Crippen LogP contribution in [0.4, 0.5) is 0 Å². The van der Waals surface area contributed by atoms with Crippen molar-refractivity contribution in [2.75, 3.05) is 7.05 Å². The van der Waals surface area contributed by atoms with Crippen molar-refractivity contribution in [1.29, 1.82) is 0 Å². The number of likely N-dealkylation sites (tertiary alicyclic amines) is 1. The van der Waals surface area contributed by atoms with Crippen LogP contribution >= 0.6 is 18.2 Å². The van der Waals surface area contributed by atoms with E-state index in [0.29, 0.717) is 10.4 Å². The largest absolute Gasteiger partial charge is 0.477 e. The molecule has 8 nitrogen and oxygen atoms in total. The standard InChI is InChI=1S/C33H31N2O6PS/c1-21(36)29-26(19-27(37)22-18-28(43-20-22)30(38)34-2)35(31(29)39)32(33(40)41)42(23-12-6-3-7-13-23,24-14-8-4-9-15-24)25-16-10-5-11-17-25/h3-18,20-21,26,29,36H,19H2,1-2H3,(H,34,38)(H,40,41)/t21-,26-,29-/m1/s1. The second-order valence-corrected chi connectivity index (χ2v) is 14.5. The average Bonchev–Trinajstić information content (AvgIpc) is 3.52. The SMILES string of the molecule is CNC(=O)c1cc(C(=O)C[C@@H]2[C@@H]([C@@H](C)O)C(=O)N2C(C(=O)O)=P(c2ccccc2)(c2ccccc2)c2ccccc2)cs1. The summed E-state index contributed by atoms with van der Waals surface area (Å²) in [6, 6.07) is 28.4. The Kier molecular flexibility index (Phi) is 8.78. The molecular weight excluding hydrogens is 583 g/mol. The lowest BCUT2D eigenvalue weighted by atomic mass is 9.80. The second kappa shape index (κ2) is 12.5. The maximum Gasteiger partial charge on any atom is 0.353 e. The van der Waals surface area contributed by atoms with Crippen LogP contribution in [0.5, 0.6) is 0 Å². The first-order valence-corrected chi connectivity index (χ1v) is 16.4. The lowest BCUT2D eigenvalue weighted by Gasteiger charge is -2.50. The Morgan fingerprint density at radius 1 is 0.907 bits per heavy atom. The van der Waals surface area contributed by atoms with Crippen LogP contribution in [0.1, 0.15) is 33.4 Å². The normalized spacial score (nSPS) is 17.1. The molecular formula is C33H31N2O6PS. The van der Waals surface area contributed by atoms with E-state index in [4.69, 9.17) is 0 Å². The van der Waals surface area contributed by atoms with E-state index >= 15 is 0 Å². The number of benzene rings is 3. The number of carbonyl (C=O) groups excluding carboxylic acids is 3. The summed E-state index contributed by atoms with van der Waals surface area (Å²) >= 11 is 1.12. The maximum absolute atomic E-state index is 13.9. The number of aliphatic hydroxyl groups is 1. The van der Waals surface area contributed by atoms with Gasteiger partial charge in [-0.2, -0.15) is 0 Å². The fourth-order valence-electron chi connectivity index (χ4n) is 5.78. The number of hydrogen-bond donors (Lipinski definition) is 3. The Hall–Kier alpha value is -4.30. The molecule has 1 fully saturated rings. The lowest BCUT2D eigenvalue weighted by molar-refractivity contribution is -0.156. The topological polar surface area (TPSA) is 124 Å². The highest BCUT2D eigenvalue weighted by molar-refractivity contribution is 7.96. The van der Waals surface area contributed by atoms with Gasteiger partial charge in [0.25, 0.3) is 5.91 Å². The van der Waals surface area contributed by atoms with E-state index in [0.717, 1.165) is 27.3 Å². The summed E-state index contributed by atoms with van der Waals surface area (Å²) < 4.78 is 0. The summed E-state index contributed by atoms with van der Waals surface area (Å²) in [5, 5.41) is 28.0. The number of ketones is 1. The van der Waals surface area contributed by atoms with E-state index in [1.54, 1.807) is 5.38 Å². The van der Waals surface area contributed by atoms with Gasteiger partial charge in [-0.1, -0.05) is 91.0 Å². The summed E-state index contributed by atoms with van der Waals surface area (Å²) in [4.78, 5) is 54.7. The van der Waals surface area contributed by atoms with Gasteiger partial charge in [0.15, 0.2) is 5.78 Å². The summed E-state index contributed by atoms with van der Waals surface area (Å²) in [6.45, 7) is -1.75. The molecule has 43 heavy (non-hydrogen) atoms. The van der Waals surface area contributed by atoms with Gasteiger partial charge >= 0.3 is 5.97 Å². The Morgan fingerprint density at radius 3 is 1.81 bits per heavy atom. The molecule has 10 heteroatoms. The number of nitrogens with zero attached hydrogens (tertiary/aromatic N) is 1. The number of Topliss-reactive ketones (excluding diaryl/α,β-unsaturated/α-hetero) is 1. The van der Waals surface area contributed by atoms with Gasteiger partial charge in [0.1, 0.15) is 5.42 Å². The van der Waals surface area contributed by atoms with E-state index in [9.17, 15) is 29.4 Å². The van der Waals surface area contributed by atoms with Crippen LogP contribution in [0, 0.1) is 5.92 Å². The number of aliphatic hydroxyl groups excluding tert-OH is 1.